The number of carbonyl (C=O) groups excluding carboxylic acids is 1. The van der Waals surface area contributed by atoms with E-state index in [1.54, 1.807) is 43.6 Å². The van der Waals surface area contributed by atoms with Crippen molar-refractivity contribution in [2.24, 2.45) is 10.9 Å². The Morgan fingerprint density at radius 1 is 1.43 bits per heavy atom. The SMILES string of the molecule is CSC(=Nc1ccc(C(=O)C(C)CC(=O)O)cc1)NC#N. The van der Waals surface area contributed by atoms with E-state index < -0.39 is 11.9 Å². The zero-order chi connectivity index (χ0) is 15.8. The number of Topliss-reactive ketones (excluding diaryl/α,β-unsaturated/α-hetero) is 1. The summed E-state index contributed by atoms with van der Waals surface area (Å²) in [5.41, 5.74) is 1.05. The van der Waals surface area contributed by atoms with Crippen LogP contribution < -0.4 is 5.32 Å². The molecule has 0 spiro atoms. The molecule has 0 amide bonds. The van der Waals surface area contributed by atoms with Crippen LogP contribution >= 0.6 is 11.8 Å². The lowest BCUT2D eigenvalue weighted by molar-refractivity contribution is -0.137. The zero-order valence-electron chi connectivity index (χ0n) is 11.7. The number of hydrogen-bond acceptors (Lipinski definition) is 5. The summed E-state index contributed by atoms with van der Waals surface area (Å²) in [6.07, 6.45) is 3.38. The summed E-state index contributed by atoms with van der Waals surface area (Å²) in [5, 5.41) is 20.1. The van der Waals surface area contributed by atoms with Gasteiger partial charge >= 0.3 is 5.97 Å². The number of aliphatic carboxylic acids is 1. The van der Waals surface area contributed by atoms with Gasteiger partial charge in [-0.3, -0.25) is 14.9 Å². The van der Waals surface area contributed by atoms with Crippen molar-refractivity contribution in [3.63, 3.8) is 0 Å². The molecule has 0 aliphatic heterocycles. The molecular formula is C14H15N3O3S. The Morgan fingerprint density at radius 3 is 2.52 bits per heavy atom. The number of carbonyl (C=O) groups is 2. The number of ketones is 1. The average Bonchev–Trinajstić information content (AvgIpc) is 2.46. The first-order chi connectivity index (χ1) is 9.97. The van der Waals surface area contributed by atoms with Crippen LogP contribution in [-0.4, -0.2) is 28.3 Å². The number of rotatable bonds is 5. The molecule has 0 saturated carbocycles. The molecule has 0 aromatic heterocycles. The molecule has 6 nitrogen and oxygen atoms in total. The third-order valence-corrected chi connectivity index (χ3v) is 3.25. The molecule has 0 fully saturated rings. The summed E-state index contributed by atoms with van der Waals surface area (Å²) in [6.45, 7) is 1.59. The van der Waals surface area contributed by atoms with Gasteiger partial charge in [0.2, 0.25) is 0 Å². The molecule has 0 aliphatic carbocycles. The normalized spacial score (nSPS) is 12.3. The van der Waals surface area contributed by atoms with E-state index in [1.165, 1.54) is 11.8 Å². The Morgan fingerprint density at radius 2 is 2.05 bits per heavy atom. The minimum Gasteiger partial charge on any atom is -0.481 e. The maximum atomic E-state index is 12.0. The van der Waals surface area contributed by atoms with Crippen LogP contribution in [0.4, 0.5) is 5.69 Å². The molecule has 1 atom stereocenters. The van der Waals surface area contributed by atoms with E-state index >= 15 is 0 Å². The van der Waals surface area contributed by atoms with Gasteiger partial charge in [-0.15, -0.1) is 0 Å². The summed E-state index contributed by atoms with van der Waals surface area (Å²) >= 11 is 1.30. The molecule has 1 aromatic rings. The van der Waals surface area contributed by atoms with Gasteiger partial charge in [-0.2, -0.15) is 5.26 Å². The molecule has 1 unspecified atom stereocenters. The highest BCUT2D eigenvalue weighted by atomic mass is 32.2. The molecule has 0 radical (unpaired) electrons. The predicted octanol–water partition coefficient (Wildman–Crippen LogP) is 2.40. The van der Waals surface area contributed by atoms with Crippen LogP contribution in [0.5, 0.6) is 0 Å². The molecule has 0 bridgehead atoms. The Kier molecular flexibility index (Phi) is 6.43. The van der Waals surface area contributed by atoms with Crippen molar-refractivity contribution >= 4 is 34.4 Å². The third-order valence-electron chi connectivity index (χ3n) is 2.67. The van der Waals surface area contributed by atoms with Crippen molar-refractivity contribution < 1.29 is 14.7 Å². The standard InChI is InChI=1S/C14H15N3O3S/c1-9(7-12(18)19)13(20)10-3-5-11(6-4-10)17-14(21-2)16-8-15/h3-6,9H,7H2,1-2H3,(H,16,17)(H,18,19). The van der Waals surface area contributed by atoms with Crippen molar-refractivity contribution in [2.75, 3.05) is 6.26 Å². The van der Waals surface area contributed by atoms with E-state index in [4.69, 9.17) is 10.4 Å². The van der Waals surface area contributed by atoms with Gasteiger partial charge in [-0.05, 0) is 30.5 Å². The van der Waals surface area contributed by atoms with E-state index in [0.717, 1.165) is 0 Å². The summed E-state index contributed by atoms with van der Waals surface area (Å²) in [7, 11) is 0. The lowest BCUT2D eigenvalue weighted by atomic mass is 9.96. The average molecular weight is 305 g/mol. The molecular weight excluding hydrogens is 290 g/mol. The summed E-state index contributed by atoms with van der Waals surface area (Å²) in [6, 6.07) is 6.50. The van der Waals surface area contributed by atoms with Crippen molar-refractivity contribution in [1.29, 1.82) is 5.26 Å². The van der Waals surface area contributed by atoms with Gasteiger partial charge in [-0.1, -0.05) is 18.7 Å². The molecule has 21 heavy (non-hydrogen) atoms. The quantitative estimate of drug-likeness (QED) is 0.285. The number of thioether (sulfide) groups is 1. The summed E-state index contributed by atoms with van der Waals surface area (Å²) < 4.78 is 0. The van der Waals surface area contributed by atoms with Gasteiger partial charge < -0.3 is 5.11 Å². The van der Waals surface area contributed by atoms with Crippen molar-refractivity contribution in [2.45, 2.75) is 13.3 Å². The van der Waals surface area contributed by atoms with E-state index in [-0.39, 0.29) is 12.2 Å². The Balaban J connectivity index is 2.85. The Labute approximate surface area is 126 Å². The maximum Gasteiger partial charge on any atom is 0.304 e. The lowest BCUT2D eigenvalue weighted by Crippen LogP contribution is -2.15. The minimum atomic E-state index is -0.996. The third kappa shape index (κ3) is 5.28. The van der Waals surface area contributed by atoms with Crippen LogP contribution in [0.15, 0.2) is 29.3 Å². The van der Waals surface area contributed by atoms with E-state index in [1.807, 2.05) is 0 Å². The highest BCUT2D eigenvalue weighted by Crippen LogP contribution is 2.18. The number of nitriles is 1. The van der Waals surface area contributed by atoms with E-state index in [9.17, 15) is 9.59 Å². The summed E-state index contributed by atoms with van der Waals surface area (Å²) in [5.74, 6) is -1.78. The van der Waals surface area contributed by atoms with Crippen LogP contribution in [0.1, 0.15) is 23.7 Å². The molecule has 0 saturated heterocycles. The number of nitrogens with zero attached hydrogens (tertiary/aromatic N) is 2. The summed E-state index contributed by atoms with van der Waals surface area (Å²) in [4.78, 5) is 26.8. The monoisotopic (exact) mass is 305 g/mol. The van der Waals surface area contributed by atoms with Gasteiger partial charge in [0.1, 0.15) is 0 Å². The Bertz CT molecular complexity index is 590. The van der Waals surface area contributed by atoms with Crippen molar-refractivity contribution in [3.05, 3.63) is 29.8 Å². The molecule has 110 valence electrons. The minimum absolute atomic E-state index is 0.193. The van der Waals surface area contributed by atoms with Crippen LogP contribution in [0.2, 0.25) is 0 Å². The van der Waals surface area contributed by atoms with Gasteiger partial charge in [-0.25, -0.2) is 4.99 Å². The number of amidine groups is 1. The van der Waals surface area contributed by atoms with Gasteiger partial charge in [0.25, 0.3) is 0 Å². The largest absolute Gasteiger partial charge is 0.481 e. The van der Waals surface area contributed by atoms with Gasteiger partial charge in [0.15, 0.2) is 17.1 Å². The van der Waals surface area contributed by atoms with E-state index in [2.05, 4.69) is 10.3 Å². The zero-order valence-corrected chi connectivity index (χ0v) is 12.5. The second-order valence-electron chi connectivity index (χ2n) is 4.27. The second kappa shape index (κ2) is 8.07. The molecule has 0 aliphatic rings. The van der Waals surface area contributed by atoms with Crippen LogP contribution in [0, 0.1) is 17.4 Å². The Hall–Kier alpha value is -2.33. The predicted molar refractivity (Wildman–Crippen MR) is 81.5 cm³/mol. The van der Waals surface area contributed by atoms with Gasteiger partial charge in [0.05, 0.1) is 12.1 Å². The van der Waals surface area contributed by atoms with Crippen LogP contribution in [0.25, 0.3) is 0 Å². The number of benzene rings is 1. The fourth-order valence-electron chi connectivity index (χ4n) is 1.63. The number of aliphatic imine (C=N–C) groups is 1. The highest BCUT2D eigenvalue weighted by molar-refractivity contribution is 8.13. The first-order valence-electron chi connectivity index (χ1n) is 6.11. The van der Waals surface area contributed by atoms with E-state index in [0.29, 0.717) is 16.4 Å². The number of hydrogen-bond donors (Lipinski definition) is 2. The molecule has 2 N–H and O–H groups in total. The fourth-order valence-corrected chi connectivity index (χ4v) is 1.97. The molecule has 0 heterocycles. The van der Waals surface area contributed by atoms with Gasteiger partial charge in [0, 0.05) is 11.5 Å². The maximum absolute atomic E-state index is 12.0. The molecule has 1 aromatic carbocycles. The fraction of sp³-hybridized carbons (Fsp3) is 0.286. The van der Waals surface area contributed by atoms with Crippen molar-refractivity contribution in [3.8, 4) is 6.19 Å². The number of carboxylic acid groups (broad SMARTS) is 1. The van der Waals surface area contributed by atoms with Crippen LogP contribution in [0.3, 0.4) is 0 Å². The first-order valence-corrected chi connectivity index (χ1v) is 7.34. The van der Waals surface area contributed by atoms with Crippen LogP contribution in [-0.2, 0) is 4.79 Å². The number of nitrogens with one attached hydrogen (secondary N) is 1. The lowest BCUT2D eigenvalue weighted by Gasteiger charge is -2.08. The highest BCUT2D eigenvalue weighted by Gasteiger charge is 2.18. The first kappa shape index (κ1) is 16.7. The topological polar surface area (TPSA) is 103 Å². The second-order valence-corrected chi connectivity index (χ2v) is 5.06. The number of carboxylic acids is 1. The molecule has 1 rings (SSSR count). The smallest absolute Gasteiger partial charge is 0.304 e. The van der Waals surface area contributed by atoms with Crippen molar-refractivity contribution in [1.82, 2.24) is 5.32 Å². The molecule has 7 heteroatoms.